The zero-order valence-electron chi connectivity index (χ0n) is 24.2. The topological polar surface area (TPSA) is 126 Å². The van der Waals surface area contributed by atoms with Gasteiger partial charge in [0.25, 0.3) is 5.91 Å². The Morgan fingerprint density at radius 2 is 2.02 bits per heavy atom. The van der Waals surface area contributed by atoms with Gasteiger partial charge in [-0.05, 0) is 37.1 Å². The number of ether oxygens (including phenoxy) is 3. The van der Waals surface area contributed by atoms with Crippen molar-refractivity contribution in [1.29, 1.82) is 0 Å². The number of nitrogens with one attached hydrogen (secondary N) is 1. The largest absolute Gasteiger partial charge is 0.435 e. The molecule has 42 heavy (non-hydrogen) atoms. The van der Waals surface area contributed by atoms with Crippen molar-refractivity contribution in [3.8, 4) is 17.1 Å². The van der Waals surface area contributed by atoms with Crippen molar-refractivity contribution in [1.82, 2.24) is 29.6 Å². The summed E-state index contributed by atoms with van der Waals surface area (Å²) in [5.74, 6) is -0.407. The molecule has 1 fully saturated rings. The van der Waals surface area contributed by atoms with Crippen LogP contribution < -0.4 is 10.1 Å². The number of aryl methyl sites for hydroxylation is 1. The lowest BCUT2D eigenvalue weighted by molar-refractivity contribution is -0.0497. The highest BCUT2D eigenvalue weighted by Gasteiger charge is 2.35. The number of halogens is 2. The molecule has 0 radical (unpaired) electrons. The van der Waals surface area contributed by atoms with Gasteiger partial charge in [-0.1, -0.05) is 19.6 Å². The molecule has 3 aromatic heterocycles. The van der Waals surface area contributed by atoms with E-state index in [9.17, 15) is 18.7 Å². The van der Waals surface area contributed by atoms with Gasteiger partial charge in [-0.2, -0.15) is 13.9 Å². The van der Waals surface area contributed by atoms with Crippen LogP contribution in [0.5, 0.6) is 5.75 Å². The number of aliphatic hydroxyl groups excluding tert-OH is 1. The Bertz CT molecular complexity index is 1580. The van der Waals surface area contributed by atoms with Crippen LogP contribution in [0, 0.1) is 0 Å². The van der Waals surface area contributed by atoms with Gasteiger partial charge < -0.3 is 29.2 Å². The van der Waals surface area contributed by atoms with Gasteiger partial charge in [0, 0.05) is 46.5 Å². The van der Waals surface area contributed by atoms with Crippen molar-refractivity contribution in [2.24, 2.45) is 7.05 Å². The predicted molar refractivity (Wildman–Crippen MR) is 155 cm³/mol. The first-order chi connectivity index (χ1) is 20.0. The number of nitrogens with zero attached hydrogens (tertiary/aromatic N) is 5. The molecule has 1 amide bonds. The smallest absolute Gasteiger partial charge is 0.387 e. The molecule has 4 aromatic rings. The van der Waals surface area contributed by atoms with Gasteiger partial charge in [-0.3, -0.25) is 9.48 Å². The maximum atomic E-state index is 13.7. The molecule has 1 aromatic carbocycles. The normalized spacial score (nSPS) is 15.5. The molecule has 5 rings (SSSR count). The van der Waals surface area contributed by atoms with E-state index in [-0.39, 0.29) is 24.7 Å². The Labute approximate surface area is 242 Å². The molecular formula is C28H36F2N6O5Si. The second-order valence-electron chi connectivity index (χ2n) is 11.8. The number of alkyl halides is 2. The molecule has 0 bridgehead atoms. The van der Waals surface area contributed by atoms with E-state index in [2.05, 4.69) is 39.8 Å². The fourth-order valence-electron chi connectivity index (χ4n) is 4.97. The van der Waals surface area contributed by atoms with E-state index in [1.807, 2.05) is 0 Å². The summed E-state index contributed by atoms with van der Waals surface area (Å²) in [6.07, 6.45) is 4.16. The summed E-state index contributed by atoms with van der Waals surface area (Å²) in [7, 11) is 0.439. The quantitative estimate of drug-likeness (QED) is 0.194. The molecule has 0 saturated carbocycles. The molecular weight excluding hydrogens is 566 g/mol. The Hall–Kier alpha value is -3.46. The Balaban J connectivity index is 1.55. The van der Waals surface area contributed by atoms with E-state index < -0.39 is 26.1 Å². The number of hydrogen-bond acceptors (Lipinski definition) is 8. The summed E-state index contributed by atoms with van der Waals surface area (Å²) in [5.41, 5.74) is 1.70. The number of hydrogen-bond donors (Lipinski definition) is 2. The summed E-state index contributed by atoms with van der Waals surface area (Å²) >= 11 is 0. The fourth-order valence-corrected chi connectivity index (χ4v) is 5.73. The summed E-state index contributed by atoms with van der Waals surface area (Å²) < 4.78 is 45.2. The van der Waals surface area contributed by atoms with Crippen LogP contribution in [0.25, 0.3) is 33.5 Å². The van der Waals surface area contributed by atoms with Crippen molar-refractivity contribution in [2.45, 2.75) is 57.4 Å². The number of rotatable bonds is 11. The van der Waals surface area contributed by atoms with E-state index in [1.165, 1.54) is 12.1 Å². The lowest BCUT2D eigenvalue weighted by atomic mass is 9.90. The minimum atomic E-state index is -2.97. The average molecular weight is 603 g/mol. The third-order valence-electron chi connectivity index (χ3n) is 7.46. The van der Waals surface area contributed by atoms with E-state index in [4.69, 9.17) is 14.5 Å². The highest BCUT2D eigenvalue weighted by molar-refractivity contribution is 6.76. The van der Waals surface area contributed by atoms with Crippen LogP contribution in [0.15, 0.2) is 30.6 Å². The van der Waals surface area contributed by atoms with Crippen LogP contribution in [-0.2, 0) is 23.3 Å². The molecule has 11 nitrogen and oxygen atoms in total. The van der Waals surface area contributed by atoms with Crippen LogP contribution in [-0.4, -0.2) is 82.0 Å². The molecule has 1 aliphatic rings. The van der Waals surface area contributed by atoms with E-state index >= 15 is 0 Å². The number of benzene rings is 1. The molecule has 226 valence electrons. The summed E-state index contributed by atoms with van der Waals surface area (Å²) in [5, 5.41) is 18.3. The number of aliphatic hydroxyl groups is 1. The predicted octanol–water partition coefficient (Wildman–Crippen LogP) is 4.17. The first-order valence-corrected chi connectivity index (χ1v) is 17.6. The molecule has 4 heterocycles. The van der Waals surface area contributed by atoms with Crippen molar-refractivity contribution in [2.75, 3.05) is 26.4 Å². The number of carbonyl (C=O) groups is 1. The minimum Gasteiger partial charge on any atom is -0.435 e. The van der Waals surface area contributed by atoms with Crippen molar-refractivity contribution in [3.63, 3.8) is 0 Å². The number of aromatic nitrogens is 5. The lowest BCUT2D eigenvalue weighted by Crippen LogP contribution is -2.54. The second kappa shape index (κ2) is 12.0. The van der Waals surface area contributed by atoms with Crippen molar-refractivity contribution >= 4 is 36.0 Å². The first kappa shape index (κ1) is 30.0. The number of amides is 1. The summed E-state index contributed by atoms with van der Waals surface area (Å²) in [4.78, 5) is 23.1. The van der Waals surface area contributed by atoms with Gasteiger partial charge >= 0.3 is 6.61 Å². The summed E-state index contributed by atoms with van der Waals surface area (Å²) in [6.45, 7) is 5.26. The summed E-state index contributed by atoms with van der Waals surface area (Å²) in [6, 6.07) is 5.56. The Morgan fingerprint density at radius 1 is 1.26 bits per heavy atom. The average Bonchev–Trinajstić information content (AvgIpc) is 3.47. The van der Waals surface area contributed by atoms with Gasteiger partial charge in [0.05, 0.1) is 29.4 Å². The third kappa shape index (κ3) is 6.46. The highest BCUT2D eigenvalue weighted by atomic mass is 28.3. The van der Waals surface area contributed by atoms with Crippen LogP contribution in [0.3, 0.4) is 0 Å². The maximum Gasteiger partial charge on any atom is 0.387 e. The molecule has 2 N–H and O–H groups in total. The van der Waals surface area contributed by atoms with Crippen molar-refractivity contribution in [3.05, 3.63) is 36.2 Å². The second-order valence-corrected chi connectivity index (χ2v) is 17.4. The maximum absolute atomic E-state index is 13.7. The SMILES string of the molecule is Cn1nc(-c2cnc3c(n2)c(C(=O)NC2(CO)CCOCC2)cn3COCC[Si](C)(C)C)c2cc(OC(F)F)ccc21. The molecule has 0 spiro atoms. The Kier molecular flexibility index (Phi) is 8.60. The van der Waals surface area contributed by atoms with Gasteiger partial charge in [0.2, 0.25) is 0 Å². The molecule has 1 aliphatic heterocycles. The van der Waals surface area contributed by atoms with Crippen molar-refractivity contribution < 1.29 is 32.9 Å². The fraction of sp³-hybridized carbons (Fsp3) is 0.500. The standard InChI is InChI=1S/C28H36F2N6O5Si/c1-35-22-6-5-18(41-27(29)30)13-19(22)23(34-35)21-14-31-25-24(32-21)20(15-36(25)17-40-11-12-42(2,3)4)26(38)33-28(16-37)7-9-39-10-8-28/h5-6,13-15,27,37H,7-12,16-17H2,1-4H3,(H,33,38). The van der Waals surface area contributed by atoms with Gasteiger partial charge in [-0.25, -0.2) is 9.97 Å². The zero-order valence-corrected chi connectivity index (χ0v) is 25.2. The number of fused-ring (bicyclic) bond motifs is 2. The highest BCUT2D eigenvalue weighted by Crippen LogP contribution is 2.32. The first-order valence-electron chi connectivity index (χ1n) is 13.9. The van der Waals surface area contributed by atoms with Gasteiger partial charge in [0.1, 0.15) is 29.4 Å². The van der Waals surface area contributed by atoms with E-state index in [1.54, 1.807) is 34.8 Å². The zero-order chi connectivity index (χ0) is 30.1. The van der Waals surface area contributed by atoms with Crippen LogP contribution in [0.1, 0.15) is 23.2 Å². The molecule has 1 saturated heterocycles. The minimum absolute atomic E-state index is 0.00626. The van der Waals surface area contributed by atoms with Crippen LogP contribution >= 0.6 is 0 Å². The number of carbonyl (C=O) groups excluding carboxylic acids is 1. The molecule has 0 aliphatic carbocycles. The molecule has 0 atom stereocenters. The van der Waals surface area contributed by atoms with Gasteiger partial charge in [0.15, 0.2) is 5.65 Å². The van der Waals surface area contributed by atoms with Gasteiger partial charge in [-0.15, -0.1) is 0 Å². The molecule has 0 unspecified atom stereocenters. The Morgan fingerprint density at radius 3 is 2.71 bits per heavy atom. The molecule has 14 heteroatoms. The third-order valence-corrected chi connectivity index (χ3v) is 9.16. The van der Waals surface area contributed by atoms with E-state index in [0.717, 1.165) is 6.04 Å². The van der Waals surface area contributed by atoms with E-state index in [0.29, 0.717) is 66.1 Å². The van der Waals surface area contributed by atoms with Crippen LogP contribution in [0.2, 0.25) is 25.7 Å². The lowest BCUT2D eigenvalue weighted by Gasteiger charge is -2.36. The van der Waals surface area contributed by atoms with Crippen LogP contribution in [0.4, 0.5) is 8.78 Å². The monoisotopic (exact) mass is 602 g/mol.